The minimum atomic E-state index is 0.299. The first-order chi connectivity index (χ1) is 9.22. The molecule has 1 heterocycles. The number of fused-ring (bicyclic) bond motifs is 1. The summed E-state index contributed by atoms with van der Waals surface area (Å²) in [6.45, 7) is 9.17. The molecule has 0 saturated carbocycles. The summed E-state index contributed by atoms with van der Waals surface area (Å²) >= 11 is 0. The molecule has 1 atom stereocenters. The van der Waals surface area contributed by atoms with Crippen LogP contribution in [0.25, 0.3) is 10.8 Å². The van der Waals surface area contributed by atoms with Gasteiger partial charge in [0.25, 0.3) is 0 Å². The number of nitrogens with one attached hydrogen (secondary N) is 1. The number of hydrogen-bond acceptors (Lipinski definition) is 2. The highest BCUT2D eigenvalue weighted by Gasteiger charge is 2.14. The molecule has 0 bridgehead atoms. The molecule has 0 aliphatic rings. The smallest absolute Gasteiger partial charge is 0.0651 e. The van der Waals surface area contributed by atoms with Crippen LogP contribution in [0.5, 0.6) is 0 Å². The van der Waals surface area contributed by atoms with Gasteiger partial charge in [0.15, 0.2) is 0 Å². The molecule has 0 saturated heterocycles. The molecule has 1 N–H and O–H groups in total. The van der Waals surface area contributed by atoms with Gasteiger partial charge in [0, 0.05) is 11.6 Å². The lowest BCUT2D eigenvalue weighted by atomic mass is 9.99. The van der Waals surface area contributed by atoms with Crippen molar-refractivity contribution in [3.63, 3.8) is 0 Å². The van der Waals surface area contributed by atoms with Gasteiger partial charge in [-0.3, -0.25) is 4.98 Å². The summed E-state index contributed by atoms with van der Waals surface area (Å²) in [4.78, 5) is 4.61. The zero-order valence-electron chi connectivity index (χ0n) is 11.8. The molecule has 2 nitrogen and oxygen atoms in total. The van der Waals surface area contributed by atoms with Crippen LogP contribution in [0.3, 0.4) is 0 Å². The summed E-state index contributed by atoms with van der Waals surface area (Å²) < 4.78 is 0. The van der Waals surface area contributed by atoms with Gasteiger partial charge in [-0.1, -0.05) is 36.8 Å². The first-order valence-corrected chi connectivity index (χ1v) is 6.93. The van der Waals surface area contributed by atoms with Gasteiger partial charge in [-0.25, -0.2) is 0 Å². The van der Waals surface area contributed by atoms with E-state index in [1.165, 1.54) is 16.3 Å². The van der Waals surface area contributed by atoms with Crippen LogP contribution in [0.2, 0.25) is 0 Å². The van der Waals surface area contributed by atoms with E-state index in [9.17, 15) is 0 Å². The zero-order chi connectivity index (χ0) is 13.7. The molecule has 0 aliphatic carbocycles. The molecule has 0 spiro atoms. The van der Waals surface area contributed by atoms with E-state index in [2.05, 4.69) is 61.1 Å². The molecule has 1 aromatic carbocycles. The SMILES string of the molecule is C=C(C)CCC(NCC)c1nccc2ccccc12. The highest BCUT2D eigenvalue weighted by molar-refractivity contribution is 5.84. The number of hydrogen-bond donors (Lipinski definition) is 1. The molecule has 0 radical (unpaired) electrons. The Morgan fingerprint density at radius 2 is 2.11 bits per heavy atom. The van der Waals surface area contributed by atoms with Gasteiger partial charge >= 0.3 is 0 Å². The van der Waals surface area contributed by atoms with Gasteiger partial charge in [-0.15, -0.1) is 6.58 Å². The second-order valence-electron chi connectivity index (χ2n) is 5.02. The number of aromatic nitrogens is 1. The van der Waals surface area contributed by atoms with Gasteiger partial charge < -0.3 is 5.32 Å². The quantitative estimate of drug-likeness (QED) is 0.780. The zero-order valence-corrected chi connectivity index (χ0v) is 11.8. The molecule has 1 unspecified atom stereocenters. The van der Waals surface area contributed by atoms with Gasteiger partial charge in [0.2, 0.25) is 0 Å². The highest BCUT2D eigenvalue weighted by atomic mass is 14.9. The monoisotopic (exact) mass is 254 g/mol. The third-order valence-electron chi connectivity index (χ3n) is 3.34. The topological polar surface area (TPSA) is 24.9 Å². The third kappa shape index (κ3) is 3.42. The summed E-state index contributed by atoms with van der Waals surface area (Å²) in [6.07, 6.45) is 3.98. The van der Waals surface area contributed by atoms with Crippen molar-refractivity contribution in [1.29, 1.82) is 0 Å². The molecule has 100 valence electrons. The molecule has 0 amide bonds. The maximum absolute atomic E-state index is 4.61. The third-order valence-corrected chi connectivity index (χ3v) is 3.34. The van der Waals surface area contributed by atoms with Crippen molar-refractivity contribution in [1.82, 2.24) is 10.3 Å². The van der Waals surface area contributed by atoms with Crippen molar-refractivity contribution < 1.29 is 0 Å². The van der Waals surface area contributed by atoms with Crippen molar-refractivity contribution in [3.05, 3.63) is 54.4 Å². The average Bonchev–Trinajstić information content (AvgIpc) is 2.43. The molecular weight excluding hydrogens is 232 g/mol. The number of pyridine rings is 1. The molecular formula is C17H22N2. The maximum atomic E-state index is 4.61. The maximum Gasteiger partial charge on any atom is 0.0651 e. The summed E-state index contributed by atoms with van der Waals surface area (Å²) in [5.41, 5.74) is 2.38. The van der Waals surface area contributed by atoms with E-state index in [0.29, 0.717) is 6.04 Å². The fourth-order valence-electron chi connectivity index (χ4n) is 2.39. The van der Waals surface area contributed by atoms with E-state index < -0.39 is 0 Å². The fourth-order valence-corrected chi connectivity index (χ4v) is 2.39. The van der Waals surface area contributed by atoms with Crippen molar-refractivity contribution in [2.45, 2.75) is 32.7 Å². The van der Waals surface area contributed by atoms with E-state index in [1.54, 1.807) is 0 Å². The Kier molecular flexibility index (Phi) is 4.69. The van der Waals surface area contributed by atoms with Crippen LogP contribution in [0, 0.1) is 0 Å². The minimum Gasteiger partial charge on any atom is -0.309 e. The van der Waals surface area contributed by atoms with Crippen LogP contribution in [-0.2, 0) is 0 Å². The van der Waals surface area contributed by atoms with Crippen molar-refractivity contribution in [2.24, 2.45) is 0 Å². The average molecular weight is 254 g/mol. The standard InChI is InChI=1S/C17H22N2/c1-4-18-16(10-9-13(2)3)17-15-8-6-5-7-14(15)11-12-19-17/h5-8,11-12,16,18H,2,4,9-10H2,1,3H3. The lowest BCUT2D eigenvalue weighted by Crippen LogP contribution is -2.22. The van der Waals surface area contributed by atoms with Gasteiger partial charge in [-0.2, -0.15) is 0 Å². The van der Waals surface area contributed by atoms with E-state index in [0.717, 1.165) is 25.1 Å². The Morgan fingerprint density at radius 1 is 1.32 bits per heavy atom. The number of allylic oxidation sites excluding steroid dienone is 1. The molecule has 19 heavy (non-hydrogen) atoms. The number of rotatable bonds is 6. The molecule has 1 aromatic heterocycles. The Hall–Kier alpha value is -1.67. The first-order valence-electron chi connectivity index (χ1n) is 6.93. The number of benzene rings is 1. The molecule has 0 aliphatic heterocycles. The Balaban J connectivity index is 2.35. The Bertz CT molecular complexity index is 555. The summed E-state index contributed by atoms with van der Waals surface area (Å²) in [6, 6.07) is 10.8. The van der Waals surface area contributed by atoms with Gasteiger partial charge in [-0.05, 0) is 37.8 Å². The van der Waals surface area contributed by atoms with Crippen molar-refractivity contribution in [2.75, 3.05) is 6.54 Å². The number of nitrogens with zero attached hydrogens (tertiary/aromatic N) is 1. The summed E-state index contributed by atoms with van der Waals surface area (Å²) in [5, 5.41) is 6.05. The second kappa shape index (κ2) is 6.48. The van der Waals surface area contributed by atoms with E-state index in [-0.39, 0.29) is 0 Å². The van der Waals surface area contributed by atoms with Crippen LogP contribution in [0.15, 0.2) is 48.7 Å². The molecule has 0 fully saturated rings. The summed E-state index contributed by atoms with van der Waals surface area (Å²) in [7, 11) is 0. The van der Waals surface area contributed by atoms with E-state index >= 15 is 0 Å². The van der Waals surface area contributed by atoms with Gasteiger partial charge in [0.1, 0.15) is 0 Å². The lowest BCUT2D eigenvalue weighted by molar-refractivity contribution is 0.507. The summed E-state index contributed by atoms with van der Waals surface area (Å²) in [5.74, 6) is 0. The van der Waals surface area contributed by atoms with Crippen LogP contribution >= 0.6 is 0 Å². The van der Waals surface area contributed by atoms with Crippen LogP contribution < -0.4 is 5.32 Å². The van der Waals surface area contributed by atoms with Crippen LogP contribution in [0.1, 0.15) is 38.4 Å². The minimum absolute atomic E-state index is 0.299. The predicted octanol–water partition coefficient (Wildman–Crippen LogP) is 4.24. The highest BCUT2D eigenvalue weighted by Crippen LogP contribution is 2.25. The normalized spacial score (nSPS) is 12.5. The van der Waals surface area contributed by atoms with E-state index in [1.807, 2.05) is 6.20 Å². The Morgan fingerprint density at radius 3 is 2.84 bits per heavy atom. The van der Waals surface area contributed by atoms with E-state index in [4.69, 9.17) is 0 Å². The second-order valence-corrected chi connectivity index (χ2v) is 5.02. The van der Waals surface area contributed by atoms with Crippen molar-refractivity contribution in [3.8, 4) is 0 Å². The van der Waals surface area contributed by atoms with Crippen LogP contribution in [0.4, 0.5) is 0 Å². The predicted molar refractivity (Wildman–Crippen MR) is 82.2 cm³/mol. The molecule has 2 aromatic rings. The van der Waals surface area contributed by atoms with Gasteiger partial charge in [0.05, 0.1) is 11.7 Å². The lowest BCUT2D eigenvalue weighted by Gasteiger charge is -2.19. The van der Waals surface area contributed by atoms with Crippen LogP contribution in [-0.4, -0.2) is 11.5 Å². The molecule has 2 heteroatoms. The fraction of sp³-hybridized carbons (Fsp3) is 0.353. The first kappa shape index (κ1) is 13.8. The largest absolute Gasteiger partial charge is 0.309 e. The molecule has 2 rings (SSSR count). The Labute approximate surface area is 115 Å². The van der Waals surface area contributed by atoms with Crippen molar-refractivity contribution >= 4 is 10.8 Å².